The van der Waals surface area contributed by atoms with Crippen LogP contribution in [-0.4, -0.2) is 19.3 Å². The lowest BCUT2D eigenvalue weighted by molar-refractivity contribution is 0.0266. The van der Waals surface area contributed by atoms with Crippen molar-refractivity contribution in [3.63, 3.8) is 0 Å². The van der Waals surface area contributed by atoms with Crippen LogP contribution in [0, 0.1) is 5.92 Å². The molecule has 0 amide bonds. The fraction of sp³-hybridized carbons (Fsp3) is 1.00. The molecule has 0 fully saturated rings. The summed E-state index contributed by atoms with van der Waals surface area (Å²) >= 11 is 0. The zero-order valence-electron chi connectivity index (χ0n) is 7.26. The van der Waals surface area contributed by atoms with E-state index in [2.05, 4.69) is 13.8 Å². The van der Waals surface area contributed by atoms with Gasteiger partial charge in [0.1, 0.15) is 0 Å². The molecule has 0 aliphatic carbocycles. The van der Waals surface area contributed by atoms with Crippen molar-refractivity contribution in [3.05, 3.63) is 0 Å². The van der Waals surface area contributed by atoms with Crippen molar-refractivity contribution >= 4 is 0 Å². The summed E-state index contributed by atoms with van der Waals surface area (Å²) in [5, 5.41) is 0. The Hall–Kier alpha value is -0.0800. The molecule has 2 nitrogen and oxygen atoms in total. The molecule has 0 aromatic heterocycles. The standard InChI is InChI=1S/C8H19NO/c1-4-10-8(5-6-9)7(2)3/h7-8H,4-6,9H2,1-3H3. The lowest BCUT2D eigenvalue weighted by Crippen LogP contribution is -2.23. The molecule has 0 bridgehead atoms. The summed E-state index contributed by atoms with van der Waals surface area (Å²) < 4.78 is 5.46. The minimum absolute atomic E-state index is 0.356. The summed E-state index contributed by atoms with van der Waals surface area (Å²) in [6, 6.07) is 0. The lowest BCUT2D eigenvalue weighted by Gasteiger charge is -2.19. The van der Waals surface area contributed by atoms with Crippen LogP contribution in [-0.2, 0) is 4.74 Å². The molecule has 1 atom stereocenters. The summed E-state index contributed by atoms with van der Waals surface area (Å²) in [7, 11) is 0. The Morgan fingerprint density at radius 3 is 2.30 bits per heavy atom. The van der Waals surface area contributed by atoms with Crippen molar-refractivity contribution in [1.29, 1.82) is 0 Å². The van der Waals surface area contributed by atoms with E-state index in [0.29, 0.717) is 12.0 Å². The van der Waals surface area contributed by atoms with Crippen LogP contribution >= 0.6 is 0 Å². The van der Waals surface area contributed by atoms with Gasteiger partial charge in [0, 0.05) is 6.61 Å². The number of rotatable bonds is 5. The van der Waals surface area contributed by atoms with Crippen molar-refractivity contribution in [2.75, 3.05) is 13.2 Å². The fourth-order valence-corrected chi connectivity index (χ4v) is 0.987. The van der Waals surface area contributed by atoms with Gasteiger partial charge in [-0.25, -0.2) is 0 Å². The number of ether oxygens (including phenoxy) is 1. The molecular weight excluding hydrogens is 126 g/mol. The molecule has 0 aliphatic heterocycles. The first-order valence-corrected chi connectivity index (χ1v) is 4.04. The van der Waals surface area contributed by atoms with Crippen molar-refractivity contribution in [1.82, 2.24) is 0 Å². The molecule has 0 radical (unpaired) electrons. The van der Waals surface area contributed by atoms with Crippen molar-refractivity contribution in [3.8, 4) is 0 Å². The number of nitrogens with two attached hydrogens (primary N) is 1. The normalized spacial score (nSPS) is 14.1. The third kappa shape index (κ3) is 3.85. The monoisotopic (exact) mass is 145 g/mol. The zero-order valence-corrected chi connectivity index (χ0v) is 7.26. The van der Waals surface area contributed by atoms with Gasteiger partial charge in [0.05, 0.1) is 6.10 Å². The average molecular weight is 145 g/mol. The Labute approximate surface area is 63.7 Å². The quantitative estimate of drug-likeness (QED) is 0.634. The SMILES string of the molecule is CCOC(CCN)C(C)C. The molecule has 2 heteroatoms. The Balaban J connectivity index is 3.50. The van der Waals surface area contributed by atoms with Gasteiger partial charge in [-0.15, -0.1) is 0 Å². The van der Waals surface area contributed by atoms with Crippen LogP contribution in [0.15, 0.2) is 0 Å². The maximum Gasteiger partial charge on any atom is 0.0609 e. The molecule has 0 aromatic carbocycles. The van der Waals surface area contributed by atoms with Crippen LogP contribution in [0.2, 0.25) is 0 Å². The molecule has 0 heterocycles. The van der Waals surface area contributed by atoms with Gasteiger partial charge in [0.2, 0.25) is 0 Å². The maximum atomic E-state index is 5.46. The summed E-state index contributed by atoms with van der Waals surface area (Å²) in [6.45, 7) is 7.86. The minimum atomic E-state index is 0.356. The van der Waals surface area contributed by atoms with Crippen LogP contribution in [0.3, 0.4) is 0 Å². The summed E-state index contributed by atoms with van der Waals surface area (Å²) in [5.74, 6) is 0.587. The van der Waals surface area contributed by atoms with E-state index in [9.17, 15) is 0 Å². The third-order valence-electron chi connectivity index (χ3n) is 1.58. The molecule has 0 rings (SSSR count). The summed E-state index contributed by atoms with van der Waals surface area (Å²) in [4.78, 5) is 0. The lowest BCUT2D eigenvalue weighted by atomic mass is 10.0. The first-order chi connectivity index (χ1) is 4.72. The highest BCUT2D eigenvalue weighted by atomic mass is 16.5. The molecule has 10 heavy (non-hydrogen) atoms. The van der Waals surface area contributed by atoms with E-state index in [1.807, 2.05) is 6.92 Å². The second-order valence-electron chi connectivity index (χ2n) is 2.82. The van der Waals surface area contributed by atoms with E-state index >= 15 is 0 Å². The van der Waals surface area contributed by atoms with Crippen LogP contribution in [0.5, 0.6) is 0 Å². The van der Waals surface area contributed by atoms with E-state index in [-0.39, 0.29) is 0 Å². The highest BCUT2D eigenvalue weighted by Gasteiger charge is 2.10. The molecule has 0 spiro atoms. The van der Waals surface area contributed by atoms with Gasteiger partial charge in [-0.2, -0.15) is 0 Å². The van der Waals surface area contributed by atoms with Crippen molar-refractivity contribution in [2.24, 2.45) is 11.7 Å². The molecule has 0 saturated heterocycles. The minimum Gasteiger partial charge on any atom is -0.378 e. The Kier molecular flexibility index (Phi) is 5.64. The van der Waals surface area contributed by atoms with Gasteiger partial charge < -0.3 is 10.5 Å². The number of hydrogen-bond acceptors (Lipinski definition) is 2. The van der Waals surface area contributed by atoms with Gasteiger partial charge in [0.25, 0.3) is 0 Å². The maximum absolute atomic E-state index is 5.46. The van der Waals surface area contributed by atoms with Crippen molar-refractivity contribution < 1.29 is 4.74 Å². The topological polar surface area (TPSA) is 35.2 Å². The molecule has 0 aliphatic rings. The molecule has 0 aromatic rings. The fourth-order valence-electron chi connectivity index (χ4n) is 0.987. The third-order valence-corrected chi connectivity index (χ3v) is 1.58. The van der Waals surface area contributed by atoms with Gasteiger partial charge in [-0.3, -0.25) is 0 Å². The first kappa shape index (κ1) is 9.92. The summed E-state index contributed by atoms with van der Waals surface area (Å²) in [6.07, 6.45) is 1.33. The van der Waals surface area contributed by atoms with Gasteiger partial charge in [-0.1, -0.05) is 13.8 Å². The van der Waals surface area contributed by atoms with Crippen LogP contribution in [0.4, 0.5) is 0 Å². The van der Waals surface area contributed by atoms with Crippen LogP contribution < -0.4 is 5.73 Å². The predicted octanol–water partition coefficient (Wildman–Crippen LogP) is 1.40. The largest absolute Gasteiger partial charge is 0.378 e. The molecule has 0 saturated carbocycles. The predicted molar refractivity (Wildman–Crippen MR) is 43.9 cm³/mol. The van der Waals surface area contributed by atoms with Gasteiger partial charge in [0.15, 0.2) is 0 Å². The number of hydrogen-bond donors (Lipinski definition) is 1. The van der Waals surface area contributed by atoms with E-state index in [1.165, 1.54) is 0 Å². The van der Waals surface area contributed by atoms with E-state index in [0.717, 1.165) is 19.6 Å². The summed E-state index contributed by atoms with van der Waals surface area (Å²) in [5.41, 5.74) is 5.42. The van der Waals surface area contributed by atoms with Crippen LogP contribution in [0.1, 0.15) is 27.2 Å². The molecule has 2 N–H and O–H groups in total. The van der Waals surface area contributed by atoms with E-state index < -0.39 is 0 Å². The highest BCUT2D eigenvalue weighted by Crippen LogP contribution is 2.09. The van der Waals surface area contributed by atoms with Crippen molar-refractivity contribution in [2.45, 2.75) is 33.3 Å². The Morgan fingerprint density at radius 2 is 2.00 bits per heavy atom. The van der Waals surface area contributed by atoms with Crippen LogP contribution in [0.25, 0.3) is 0 Å². The smallest absolute Gasteiger partial charge is 0.0609 e. The second kappa shape index (κ2) is 5.69. The Morgan fingerprint density at radius 1 is 1.40 bits per heavy atom. The van der Waals surface area contributed by atoms with E-state index in [1.54, 1.807) is 0 Å². The Bertz CT molecular complexity index is 67.7. The molecule has 62 valence electrons. The van der Waals surface area contributed by atoms with E-state index in [4.69, 9.17) is 10.5 Å². The second-order valence-corrected chi connectivity index (χ2v) is 2.82. The average Bonchev–Trinajstić information content (AvgIpc) is 1.87. The highest BCUT2D eigenvalue weighted by molar-refractivity contribution is 4.62. The van der Waals surface area contributed by atoms with Gasteiger partial charge >= 0.3 is 0 Å². The molecular formula is C8H19NO. The van der Waals surface area contributed by atoms with Gasteiger partial charge in [-0.05, 0) is 25.8 Å². The first-order valence-electron chi connectivity index (χ1n) is 4.04. The zero-order chi connectivity index (χ0) is 7.98. The molecule has 1 unspecified atom stereocenters.